The predicted molar refractivity (Wildman–Crippen MR) is 76.0 cm³/mol. The van der Waals surface area contributed by atoms with Gasteiger partial charge in [0, 0.05) is 13.1 Å². The largest absolute Gasteiger partial charge is 0.481 e. The Morgan fingerprint density at radius 3 is 2.61 bits per heavy atom. The fourth-order valence-corrected chi connectivity index (χ4v) is 4.74. The molecule has 0 radical (unpaired) electrons. The van der Waals surface area contributed by atoms with Crippen LogP contribution < -0.4 is 0 Å². The highest BCUT2D eigenvalue weighted by Gasteiger charge is 2.42. The number of rotatable bonds is 2. The lowest BCUT2D eigenvalue weighted by Gasteiger charge is -2.19. The molecule has 98 valence electrons. The molecule has 1 fully saturated rings. The van der Waals surface area contributed by atoms with E-state index in [1.807, 2.05) is 0 Å². The fourth-order valence-electron chi connectivity index (χ4n) is 1.97. The molecule has 1 atom stereocenters. The molecule has 2 rings (SSSR count). The van der Waals surface area contributed by atoms with Crippen molar-refractivity contribution in [2.45, 2.75) is 13.3 Å². The molecule has 0 bridgehead atoms. The summed E-state index contributed by atoms with van der Waals surface area (Å²) in [5.74, 6) is -0.961. The van der Waals surface area contributed by atoms with E-state index >= 15 is 0 Å². The van der Waals surface area contributed by atoms with E-state index in [-0.39, 0.29) is 12.5 Å². The molecule has 7 heteroatoms. The second-order valence-electron chi connectivity index (χ2n) is 4.58. The summed E-state index contributed by atoms with van der Waals surface area (Å²) in [6, 6.07) is 1.76. The van der Waals surface area contributed by atoms with Gasteiger partial charge in [0.15, 0.2) is 0 Å². The van der Waals surface area contributed by atoms with Gasteiger partial charge in [-0.25, -0.2) is 0 Å². The Morgan fingerprint density at radius 2 is 2.17 bits per heavy atom. The smallest absolute Gasteiger partial charge is 0.311 e. The topological polar surface area (TPSA) is 57.6 Å². The van der Waals surface area contributed by atoms with Crippen molar-refractivity contribution in [2.24, 2.45) is 5.41 Å². The van der Waals surface area contributed by atoms with E-state index < -0.39 is 11.4 Å². The van der Waals surface area contributed by atoms with Gasteiger partial charge in [0.05, 0.1) is 18.6 Å². The average Bonchev–Trinajstić information content (AvgIpc) is 2.82. The summed E-state index contributed by atoms with van der Waals surface area (Å²) < 4.78 is 1.64. The maximum Gasteiger partial charge on any atom is 0.311 e. The van der Waals surface area contributed by atoms with Crippen molar-refractivity contribution in [1.82, 2.24) is 4.90 Å². The van der Waals surface area contributed by atoms with Gasteiger partial charge in [-0.05, 0) is 51.3 Å². The van der Waals surface area contributed by atoms with Crippen LogP contribution in [0.15, 0.2) is 13.6 Å². The van der Waals surface area contributed by atoms with E-state index in [1.165, 1.54) is 11.3 Å². The van der Waals surface area contributed by atoms with Crippen LogP contribution in [-0.4, -0.2) is 35.0 Å². The third-order valence-electron chi connectivity index (χ3n) is 3.16. The molecule has 18 heavy (non-hydrogen) atoms. The van der Waals surface area contributed by atoms with Crippen LogP contribution in [0.1, 0.15) is 23.7 Å². The summed E-state index contributed by atoms with van der Waals surface area (Å²) in [6.07, 6.45) is 0.497. The maximum atomic E-state index is 12.3. The molecule has 1 aromatic heterocycles. The van der Waals surface area contributed by atoms with Crippen molar-refractivity contribution in [3.8, 4) is 0 Å². The SMILES string of the molecule is CC1(C(=O)O)CCN(C(=O)c2cc(Br)sc2Br)C1. The lowest BCUT2D eigenvalue weighted by molar-refractivity contribution is -0.147. The zero-order valence-electron chi connectivity index (χ0n) is 9.57. The van der Waals surface area contributed by atoms with Crippen molar-refractivity contribution in [3.63, 3.8) is 0 Å². The minimum Gasteiger partial charge on any atom is -0.481 e. The number of halogens is 2. The van der Waals surface area contributed by atoms with E-state index in [0.717, 1.165) is 7.57 Å². The Bertz CT molecular complexity index is 516. The highest BCUT2D eigenvalue weighted by Crippen LogP contribution is 2.35. The maximum absolute atomic E-state index is 12.3. The number of carboxylic acid groups (broad SMARTS) is 1. The molecule has 1 aromatic rings. The Morgan fingerprint density at radius 1 is 1.50 bits per heavy atom. The van der Waals surface area contributed by atoms with Crippen molar-refractivity contribution < 1.29 is 14.7 Å². The number of hydrogen-bond donors (Lipinski definition) is 1. The molecule has 1 unspecified atom stereocenters. The first kappa shape index (κ1) is 14.0. The number of amides is 1. The van der Waals surface area contributed by atoms with Crippen LogP contribution >= 0.6 is 43.2 Å². The van der Waals surface area contributed by atoms with Gasteiger partial charge < -0.3 is 10.0 Å². The number of nitrogens with zero attached hydrogens (tertiary/aromatic N) is 1. The van der Waals surface area contributed by atoms with Gasteiger partial charge in [0.1, 0.15) is 0 Å². The van der Waals surface area contributed by atoms with Gasteiger partial charge >= 0.3 is 5.97 Å². The molecule has 1 saturated heterocycles. The number of carbonyl (C=O) groups is 2. The third kappa shape index (κ3) is 2.48. The van der Waals surface area contributed by atoms with Gasteiger partial charge in [-0.3, -0.25) is 9.59 Å². The zero-order valence-corrected chi connectivity index (χ0v) is 13.6. The normalized spacial score (nSPS) is 23.4. The van der Waals surface area contributed by atoms with Crippen molar-refractivity contribution >= 4 is 55.1 Å². The monoisotopic (exact) mass is 395 g/mol. The summed E-state index contributed by atoms with van der Waals surface area (Å²) in [5, 5.41) is 9.15. The number of likely N-dealkylation sites (tertiary alicyclic amines) is 1. The number of carbonyl (C=O) groups excluding carboxylic acids is 1. The molecule has 0 aliphatic carbocycles. The summed E-state index contributed by atoms with van der Waals surface area (Å²) in [4.78, 5) is 25.0. The van der Waals surface area contributed by atoms with Gasteiger partial charge in [0.2, 0.25) is 0 Å². The summed E-state index contributed by atoms with van der Waals surface area (Å²) in [5.41, 5.74) is -0.239. The Kier molecular flexibility index (Phi) is 3.85. The van der Waals surface area contributed by atoms with Crippen LogP contribution in [0, 0.1) is 5.41 Å². The summed E-state index contributed by atoms with van der Waals surface area (Å²) in [6.45, 7) is 2.43. The van der Waals surface area contributed by atoms with Gasteiger partial charge in [0.25, 0.3) is 5.91 Å². The first-order chi connectivity index (χ1) is 8.33. The number of aliphatic carboxylic acids is 1. The zero-order chi connectivity index (χ0) is 13.5. The van der Waals surface area contributed by atoms with Crippen LogP contribution in [0.3, 0.4) is 0 Å². The van der Waals surface area contributed by atoms with Crippen LogP contribution in [0.2, 0.25) is 0 Å². The minimum atomic E-state index is -0.844. The van der Waals surface area contributed by atoms with Crippen LogP contribution in [-0.2, 0) is 4.79 Å². The van der Waals surface area contributed by atoms with Crippen molar-refractivity contribution in [2.75, 3.05) is 13.1 Å². The van der Waals surface area contributed by atoms with E-state index in [0.29, 0.717) is 18.5 Å². The lowest BCUT2D eigenvalue weighted by atomic mass is 9.90. The second-order valence-corrected chi connectivity index (χ2v) is 8.33. The summed E-state index contributed by atoms with van der Waals surface area (Å²) in [7, 11) is 0. The average molecular weight is 397 g/mol. The highest BCUT2D eigenvalue weighted by atomic mass is 79.9. The number of thiophene rings is 1. The first-order valence-electron chi connectivity index (χ1n) is 5.31. The van der Waals surface area contributed by atoms with Crippen LogP contribution in [0.4, 0.5) is 0 Å². The second kappa shape index (κ2) is 4.94. The first-order valence-corrected chi connectivity index (χ1v) is 7.71. The number of carboxylic acids is 1. The third-order valence-corrected chi connectivity index (χ3v) is 5.50. The molecular formula is C11H11Br2NO3S. The van der Waals surface area contributed by atoms with Crippen molar-refractivity contribution in [1.29, 1.82) is 0 Å². The molecule has 0 saturated carbocycles. The van der Waals surface area contributed by atoms with E-state index in [4.69, 9.17) is 5.11 Å². The summed E-state index contributed by atoms with van der Waals surface area (Å²) >= 11 is 8.11. The molecule has 1 N–H and O–H groups in total. The predicted octanol–water partition coefficient (Wildman–Crippen LogP) is 3.21. The minimum absolute atomic E-state index is 0.117. The highest BCUT2D eigenvalue weighted by molar-refractivity contribution is 9.12. The fraction of sp³-hybridized carbons (Fsp3) is 0.455. The molecule has 0 spiro atoms. The van der Waals surface area contributed by atoms with Crippen LogP contribution in [0.5, 0.6) is 0 Å². The van der Waals surface area contributed by atoms with E-state index in [9.17, 15) is 9.59 Å². The van der Waals surface area contributed by atoms with Gasteiger partial charge in [-0.2, -0.15) is 0 Å². The Hall–Kier alpha value is -0.400. The van der Waals surface area contributed by atoms with Gasteiger partial charge in [-0.1, -0.05) is 0 Å². The number of hydrogen-bond acceptors (Lipinski definition) is 3. The van der Waals surface area contributed by atoms with E-state index in [2.05, 4.69) is 31.9 Å². The lowest BCUT2D eigenvalue weighted by Crippen LogP contribution is -2.34. The quantitative estimate of drug-likeness (QED) is 0.834. The van der Waals surface area contributed by atoms with Crippen LogP contribution in [0.25, 0.3) is 0 Å². The molecule has 2 heterocycles. The molecule has 1 aliphatic rings. The molecule has 0 aromatic carbocycles. The van der Waals surface area contributed by atoms with Crippen molar-refractivity contribution in [3.05, 3.63) is 19.2 Å². The van der Waals surface area contributed by atoms with E-state index in [1.54, 1.807) is 17.9 Å². The molecule has 1 aliphatic heterocycles. The van der Waals surface area contributed by atoms with Gasteiger partial charge in [-0.15, -0.1) is 11.3 Å². The molecule has 4 nitrogen and oxygen atoms in total. The standard InChI is InChI=1S/C11H11Br2NO3S/c1-11(10(16)17)2-3-14(5-11)9(15)6-4-7(12)18-8(6)13/h4H,2-3,5H2,1H3,(H,16,17). The Labute approximate surface area is 125 Å². The Balaban J connectivity index is 2.18. The molecule has 1 amide bonds. The molecular weight excluding hydrogens is 386 g/mol.